The second kappa shape index (κ2) is 8.12. The highest BCUT2D eigenvalue weighted by Gasteiger charge is 2.28. The van der Waals surface area contributed by atoms with Crippen molar-refractivity contribution in [2.24, 2.45) is 0 Å². The number of esters is 1. The number of nitrogens with one attached hydrogen (secondary N) is 1. The van der Waals surface area contributed by atoms with Crippen molar-refractivity contribution in [2.75, 3.05) is 20.2 Å². The van der Waals surface area contributed by atoms with E-state index < -0.39 is 0 Å². The van der Waals surface area contributed by atoms with Gasteiger partial charge in [-0.1, -0.05) is 30.3 Å². The molecule has 0 unspecified atom stereocenters. The number of nitrogens with zero attached hydrogens (tertiary/aromatic N) is 1. The molecule has 0 radical (unpaired) electrons. The van der Waals surface area contributed by atoms with Gasteiger partial charge in [-0.15, -0.1) is 0 Å². The Kier molecular flexibility index (Phi) is 6.17. The number of hydrogen-bond donors (Lipinski definition) is 1. The molecule has 5 heteroatoms. The molecule has 116 valence electrons. The Labute approximate surface area is 126 Å². The molecule has 5 nitrogen and oxygen atoms in total. The molecule has 1 saturated heterocycles. The van der Waals surface area contributed by atoms with Crippen LogP contribution >= 0.6 is 0 Å². The third kappa shape index (κ3) is 4.81. The molecule has 1 aliphatic heterocycles. The average Bonchev–Trinajstić information content (AvgIpc) is 2.54. The number of hydroxylamine groups is 2. The van der Waals surface area contributed by atoms with E-state index >= 15 is 0 Å². The van der Waals surface area contributed by atoms with Crippen LogP contribution in [0.5, 0.6) is 0 Å². The summed E-state index contributed by atoms with van der Waals surface area (Å²) in [4.78, 5) is 17.4. The number of rotatable bonds is 6. The SMILES string of the molecule is CCOC(=O)[C@@H]1CC[C@@H](N(C)OCc2ccccc2)CN1. The molecular formula is C16H24N2O3. The van der Waals surface area contributed by atoms with Gasteiger partial charge >= 0.3 is 5.97 Å². The maximum Gasteiger partial charge on any atom is 0.323 e. The van der Waals surface area contributed by atoms with Gasteiger partial charge in [0.1, 0.15) is 6.04 Å². The summed E-state index contributed by atoms with van der Waals surface area (Å²) in [6.07, 6.45) is 1.70. The Balaban J connectivity index is 1.73. The first-order chi connectivity index (χ1) is 10.2. The van der Waals surface area contributed by atoms with Gasteiger partial charge in [-0.05, 0) is 25.3 Å². The highest BCUT2D eigenvalue weighted by molar-refractivity contribution is 5.75. The van der Waals surface area contributed by atoms with Crippen molar-refractivity contribution in [1.82, 2.24) is 10.4 Å². The predicted octanol–water partition coefficient (Wildman–Crippen LogP) is 1.73. The van der Waals surface area contributed by atoms with Crippen LogP contribution in [0.4, 0.5) is 0 Å². The number of ether oxygens (including phenoxy) is 1. The van der Waals surface area contributed by atoms with E-state index in [1.54, 1.807) is 0 Å². The van der Waals surface area contributed by atoms with Crippen LogP contribution in [0.1, 0.15) is 25.3 Å². The van der Waals surface area contributed by atoms with Crippen molar-refractivity contribution in [3.63, 3.8) is 0 Å². The van der Waals surface area contributed by atoms with E-state index in [1.165, 1.54) is 0 Å². The smallest absolute Gasteiger partial charge is 0.323 e. The van der Waals surface area contributed by atoms with Crippen LogP contribution < -0.4 is 5.32 Å². The second-order valence-electron chi connectivity index (χ2n) is 5.25. The average molecular weight is 292 g/mol. The fraction of sp³-hybridized carbons (Fsp3) is 0.562. The summed E-state index contributed by atoms with van der Waals surface area (Å²) in [6, 6.07) is 10.2. The molecule has 1 aromatic carbocycles. The first-order valence-electron chi connectivity index (χ1n) is 7.50. The number of benzene rings is 1. The summed E-state index contributed by atoms with van der Waals surface area (Å²) in [6.45, 7) is 3.55. The maximum absolute atomic E-state index is 11.7. The van der Waals surface area contributed by atoms with Crippen molar-refractivity contribution < 1.29 is 14.4 Å². The largest absolute Gasteiger partial charge is 0.465 e. The molecule has 1 aromatic rings. The standard InChI is InChI=1S/C16H24N2O3/c1-3-20-16(19)15-10-9-14(11-17-15)18(2)21-12-13-7-5-4-6-8-13/h4-8,14-15,17H,3,9-12H2,1-2H3/t14-,15+/m1/s1. The number of hydrogen-bond acceptors (Lipinski definition) is 5. The van der Waals surface area contributed by atoms with Crippen LogP contribution in [0, 0.1) is 0 Å². The number of carbonyl (C=O) groups is 1. The lowest BCUT2D eigenvalue weighted by Crippen LogP contribution is -2.51. The minimum Gasteiger partial charge on any atom is -0.465 e. The Morgan fingerprint density at radius 3 is 2.71 bits per heavy atom. The molecule has 1 heterocycles. The summed E-state index contributed by atoms with van der Waals surface area (Å²) < 4.78 is 5.04. The Morgan fingerprint density at radius 2 is 2.10 bits per heavy atom. The van der Waals surface area contributed by atoms with Crippen molar-refractivity contribution in [2.45, 2.75) is 38.5 Å². The molecule has 0 amide bonds. The monoisotopic (exact) mass is 292 g/mol. The zero-order chi connectivity index (χ0) is 15.1. The van der Waals surface area contributed by atoms with Crippen LogP contribution in [-0.2, 0) is 21.0 Å². The quantitative estimate of drug-likeness (QED) is 0.639. The predicted molar refractivity (Wildman–Crippen MR) is 80.4 cm³/mol. The van der Waals surface area contributed by atoms with Crippen LogP contribution in [0.2, 0.25) is 0 Å². The van der Waals surface area contributed by atoms with Crippen LogP contribution in [0.3, 0.4) is 0 Å². The van der Waals surface area contributed by atoms with E-state index in [4.69, 9.17) is 9.57 Å². The first-order valence-corrected chi connectivity index (χ1v) is 7.50. The van der Waals surface area contributed by atoms with Crippen LogP contribution in [0.25, 0.3) is 0 Å². The molecule has 0 saturated carbocycles. The third-order valence-corrected chi connectivity index (χ3v) is 3.75. The Bertz CT molecular complexity index is 430. The van der Waals surface area contributed by atoms with Gasteiger partial charge in [-0.25, -0.2) is 0 Å². The van der Waals surface area contributed by atoms with Crippen molar-refractivity contribution in [3.8, 4) is 0 Å². The summed E-state index contributed by atoms with van der Waals surface area (Å²) in [5.41, 5.74) is 1.15. The van der Waals surface area contributed by atoms with Gasteiger partial charge in [-0.2, -0.15) is 5.06 Å². The summed E-state index contributed by atoms with van der Waals surface area (Å²) in [7, 11) is 1.94. The lowest BCUT2D eigenvalue weighted by Gasteiger charge is -2.33. The van der Waals surface area contributed by atoms with E-state index in [1.807, 2.05) is 49.4 Å². The highest BCUT2D eigenvalue weighted by atomic mass is 16.7. The van der Waals surface area contributed by atoms with Gasteiger partial charge < -0.3 is 10.1 Å². The summed E-state index contributed by atoms with van der Waals surface area (Å²) >= 11 is 0. The molecule has 1 aliphatic rings. The Hall–Kier alpha value is -1.43. The normalized spacial score (nSPS) is 22.2. The number of carbonyl (C=O) groups excluding carboxylic acids is 1. The molecule has 2 atom stereocenters. The fourth-order valence-electron chi connectivity index (χ4n) is 2.45. The lowest BCUT2D eigenvalue weighted by molar-refractivity contribution is -0.183. The zero-order valence-corrected chi connectivity index (χ0v) is 12.7. The molecule has 0 aliphatic carbocycles. The van der Waals surface area contributed by atoms with Crippen molar-refractivity contribution in [3.05, 3.63) is 35.9 Å². The van der Waals surface area contributed by atoms with Crippen molar-refractivity contribution in [1.29, 1.82) is 0 Å². The highest BCUT2D eigenvalue weighted by Crippen LogP contribution is 2.15. The maximum atomic E-state index is 11.7. The zero-order valence-electron chi connectivity index (χ0n) is 12.7. The first kappa shape index (κ1) is 15.9. The summed E-state index contributed by atoms with van der Waals surface area (Å²) in [5.74, 6) is -0.149. The van der Waals surface area contributed by atoms with Gasteiger partial charge in [0.15, 0.2) is 0 Å². The van der Waals surface area contributed by atoms with E-state index in [0.717, 1.165) is 24.9 Å². The van der Waals surface area contributed by atoms with E-state index in [9.17, 15) is 4.79 Å². The molecule has 1 N–H and O–H groups in total. The van der Waals surface area contributed by atoms with Gasteiger partial charge in [0, 0.05) is 19.6 Å². The molecule has 1 fully saturated rings. The lowest BCUT2D eigenvalue weighted by atomic mass is 10.0. The molecule has 2 rings (SSSR count). The minimum atomic E-state index is -0.177. The van der Waals surface area contributed by atoms with E-state index in [0.29, 0.717) is 13.2 Å². The van der Waals surface area contributed by atoms with Gasteiger partial charge in [0.25, 0.3) is 0 Å². The fourth-order valence-corrected chi connectivity index (χ4v) is 2.45. The molecule has 0 bridgehead atoms. The van der Waals surface area contributed by atoms with Gasteiger partial charge in [0.05, 0.1) is 13.2 Å². The Morgan fingerprint density at radius 1 is 1.33 bits per heavy atom. The molecular weight excluding hydrogens is 268 g/mol. The van der Waals surface area contributed by atoms with Crippen molar-refractivity contribution >= 4 is 5.97 Å². The number of likely N-dealkylation sites (N-methyl/N-ethyl adjacent to an activating group) is 1. The van der Waals surface area contributed by atoms with Crippen LogP contribution in [-0.4, -0.2) is 43.3 Å². The topological polar surface area (TPSA) is 50.8 Å². The van der Waals surface area contributed by atoms with E-state index in [-0.39, 0.29) is 18.1 Å². The number of piperidine rings is 1. The van der Waals surface area contributed by atoms with E-state index in [2.05, 4.69) is 5.32 Å². The summed E-state index contributed by atoms with van der Waals surface area (Å²) in [5, 5.41) is 5.13. The van der Waals surface area contributed by atoms with Gasteiger partial charge in [-0.3, -0.25) is 9.63 Å². The van der Waals surface area contributed by atoms with Gasteiger partial charge in [0.2, 0.25) is 0 Å². The molecule has 0 spiro atoms. The third-order valence-electron chi connectivity index (χ3n) is 3.75. The molecule has 0 aromatic heterocycles. The molecule has 21 heavy (non-hydrogen) atoms. The van der Waals surface area contributed by atoms with Crippen LogP contribution in [0.15, 0.2) is 30.3 Å². The second-order valence-corrected chi connectivity index (χ2v) is 5.25. The minimum absolute atomic E-state index is 0.149.